The standard InChI is InChI=1S/C19H30F5N3O4/c1-12(30-10-13-4-6-18(20,21)7-5-13)15(26-17(25)29)16(28)27-8-2-3-14(9-27)11-31-19(22,23)24/h12-15H,2-11H2,1H3,(H3,25,26,29). The summed E-state index contributed by atoms with van der Waals surface area (Å²) in [5.74, 6) is -3.74. The maximum absolute atomic E-state index is 13.3. The fraction of sp³-hybridized carbons (Fsp3) is 0.895. The van der Waals surface area contributed by atoms with Gasteiger partial charge in [0.1, 0.15) is 6.04 Å². The van der Waals surface area contributed by atoms with E-state index in [-0.39, 0.29) is 31.9 Å². The zero-order chi connectivity index (χ0) is 23.2. The van der Waals surface area contributed by atoms with Crippen molar-refractivity contribution in [2.24, 2.45) is 17.6 Å². The summed E-state index contributed by atoms with van der Waals surface area (Å²) in [6.07, 6.45) is -4.40. The zero-order valence-corrected chi connectivity index (χ0v) is 17.4. The molecule has 1 saturated carbocycles. The second-order valence-electron chi connectivity index (χ2n) is 8.37. The van der Waals surface area contributed by atoms with Gasteiger partial charge in [0.05, 0.1) is 12.7 Å². The third kappa shape index (κ3) is 8.76. The molecule has 0 aromatic carbocycles. The molecule has 1 heterocycles. The van der Waals surface area contributed by atoms with Crippen molar-refractivity contribution in [2.45, 2.75) is 69.9 Å². The number of likely N-dealkylation sites (tertiary alicyclic amines) is 1. The molecule has 7 nitrogen and oxygen atoms in total. The van der Waals surface area contributed by atoms with E-state index >= 15 is 0 Å². The van der Waals surface area contributed by atoms with Crippen LogP contribution in [0.5, 0.6) is 0 Å². The molecule has 0 aromatic rings. The summed E-state index contributed by atoms with van der Waals surface area (Å²) in [5.41, 5.74) is 5.19. The summed E-state index contributed by atoms with van der Waals surface area (Å²) in [4.78, 5) is 25.8. The Morgan fingerprint density at radius 1 is 1.16 bits per heavy atom. The summed E-state index contributed by atoms with van der Waals surface area (Å²) in [5, 5.41) is 2.34. The average Bonchev–Trinajstić information content (AvgIpc) is 2.68. The molecule has 31 heavy (non-hydrogen) atoms. The number of nitrogens with zero attached hydrogens (tertiary/aromatic N) is 1. The smallest absolute Gasteiger partial charge is 0.376 e. The normalized spacial score (nSPS) is 24.5. The first-order valence-electron chi connectivity index (χ1n) is 10.4. The van der Waals surface area contributed by atoms with E-state index in [1.165, 1.54) is 4.90 Å². The predicted molar refractivity (Wildman–Crippen MR) is 100 cm³/mol. The number of hydrogen-bond donors (Lipinski definition) is 2. The van der Waals surface area contributed by atoms with E-state index in [9.17, 15) is 31.5 Å². The number of rotatable bonds is 8. The number of primary amides is 1. The summed E-state index contributed by atoms with van der Waals surface area (Å²) >= 11 is 0. The van der Waals surface area contributed by atoms with Gasteiger partial charge in [-0.2, -0.15) is 0 Å². The van der Waals surface area contributed by atoms with Crippen LogP contribution in [0.3, 0.4) is 0 Å². The van der Waals surface area contributed by atoms with Crippen molar-refractivity contribution in [1.29, 1.82) is 0 Å². The molecule has 3 amide bonds. The largest absolute Gasteiger partial charge is 0.522 e. The highest BCUT2D eigenvalue weighted by molar-refractivity contribution is 5.87. The summed E-state index contributed by atoms with van der Waals surface area (Å²) in [6.45, 7) is 1.53. The van der Waals surface area contributed by atoms with E-state index < -0.39 is 48.9 Å². The van der Waals surface area contributed by atoms with Crippen LogP contribution >= 0.6 is 0 Å². The van der Waals surface area contributed by atoms with Gasteiger partial charge in [-0.15, -0.1) is 13.2 Å². The average molecular weight is 459 g/mol. The third-order valence-electron chi connectivity index (χ3n) is 5.78. The van der Waals surface area contributed by atoms with Gasteiger partial charge >= 0.3 is 12.4 Å². The lowest BCUT2D eigenvalue weighted by Gasteiger charge is -2.36. The van der Waals surface area contributed by atoms with Crippen molar-refractivity contribution >= 4 is 11.9 Å². The van der Waals surface area contributed by atoms with E-state index in [4.69, 9.17) is 10.5 Å². The molecule has 180 valence electrons. The van der Waals surface area contributed by atoms with E-state index in [1.54, 1.807) is 6.92 Å². The van der Waals surface area contributed by atoms with Crippen LogP contribution in [0.1, 0.15) is 45.4 Å². The Hall–Kier alpha value is -1.69. The molecule has 3 N–H and O–H groups in total. The van der Waals surface area contributed by atoms with Crippen LogP contribution in [0.2, 0.25) is 0 Å². The van der Waals surface area contributed by atoms with Crippen LogP contribution in [-0.2, 0) is 14.3 Å². The Labute approximate surface area is 177 Å². The van der Waals surface area contributed by atoms with E-state index in [0.717, 1.165) is 0 Å². The monoisotopic (exact) mass is 459 g/mol. The third-order valence-corrected chi connectivity index (χ3v) is 5.78. The topological polar surface area (TPSA) is 93.9 Å². The molecule has 0 aromatic heterocycles. The summed E-state index contributed by atoms with van der Waals surface area (Å²) in [7, 11) is 0. The van der Waals surface area contributed by atoms with Crippen molar-refractivity contribution in [1.82, 2.24) is 10.2 Å². The number of halogens is 5. The zero-order valence-electron chi connectivity index (χ0n) is 17.4. The molecule has 2 rings (SSSR count). The maximum Gasteiger partial charge on any atom is 0.522 e. The quantitative estimate of drug-likeness (QED) is 0.546. The molecule has 0 radical (unpaired) electrons. The van der Waals surface area contributed by atoms with E-state index in [1.807, 2.05) is 0 Å². The molecule has 1 aliphatic carbocycles. The summed E-state index contributed by atoms with van der Waals surface area (Å²) in [6, 6.07) is -2.08. The minimum Gasteiger partial charge on any atom is -0.376 e. The van der Waals surface area contributed by atoms with Crippen molar-refractivity contribution < 1.29 is 41.0 Å². The van der Waals surface area contributed by atoms with Crippen LogP contribution in [0.15, 0.2) is 0 Å². The molecule has 3 atom stereocenters. The van der Waals surface area contributed by atoms with E-state index in [0.29, 0.717) is 32.2 Å². The number of nitrogens with two attached hydrogens (primary N) is 1. The SMILES string of the molecule is CC(OCC1CCC(F)(F)CC1)C(NC(N)=O)C(=O)N1CCCC(COC(F)(F)F)C1. The van der Waals surface area contributed by atoms with Gasteiger partial charge in [-0.25, -0.2) is 13.6 Å². The van der Waals surface area contributed by atoms with Gasteiger partial charge in [-0.05, 0) is 38.5 Å². The number of carbonyl (C=O) groups is 2. The number of piperidine rings is 1. The van der Waals surface area contributed by atoms with E-state index in [2.05, 4.69) is 10.1 Å². The Morgan fingerprint density at radius 2 is 1.81 bits per heavy atom. The maximum atomic E-state index is 13.3. The van der Waals surface area contributed by atoms with Gasteiger partial charge in [0.15, 0.2) is 0 Å². The van der Waals surface area contributed by atoms with Crippen LogP contribution < -0.4 is 11.1 Å². The molecule has 1 aliphatic heterocycles. The minimum absolute atomic E-state index is 0.0519. The molecule has 3 unspecified atom stereocenters. The highest BCUT2D eigenvalue weighted by atomic mass is 19.4. The van der Waals surface area contributed by atoms with Gasteiger partial charge < -0.3 is 20.7 Å². The Balaban J connectivity index is 1.92. The fourth-order valence-corrected chi connectivity index (χ4v) is 3.99. The van der Waals surface area contributed by atoms with Gasteiger partial charge in [-0.3, -0.25) is 9.53 Å². The highest BCUT2D eigenvalue weighted by Crippen LogP contribution is 2.36. The molecule has 0 spiro atoms. The van der Waals surface area contributed by atoms with Gasteiger partial charge in [-0.1, -0.05) is 0 Å². The Bertz CT molecular complexity index is 610. The first kappa shape index (κ1) is 25.6. The lowest BCUT2D eigenvalue weighted by Crippen LogP contribution is -2.57. The number of hydrogen-bond acceptors (Lipinski definition) is 4. The van der Waals surface area contributed by atoms with Crippen LogP contribution in [0, 0.1) is 11.8 Å². The number of alkyl halides is 5. The number of urea groups is 1. The first-order valence-corrected chi connectivity index (χ1v) is 10.4. The van der Waals surface area contributed by atoms with Crippen molar-refractivity contribution in [2.75, 3.05) is 26.3 Å². The number of amides is 3. The lowest BCUT2D eigenvalue weighted by molar-refractivity contribution is -0.329. The Kier molecular flexibility index (Phi) is 8.87. The van der Waals surface area contributed by atoms with Crippen molar-refractivity contribution in [3.8, 4) is 0 Å². The fourth-order valence-electron chi connectivity index (χ4n) is 3.99. The van der Waals surface area contributed by atoms with Crippen LogP contribution in [-0.4, -0.2) is 67.6 Å². The van der Waals surface area contributed by atoms with Gasteiger partial charge in [0, 0.05) is 38.5 Å². The van der Waals surface area contributed by atoms with Crippen molar-refractivity contribution in [3.63, 3.8) is 0 Å². The molecular weight excluding hydrogens is 429 g/mol. The molecule has 2 aliphatic rings. The second-order valence-corrected chi connectivity index (χ2v) is 8.37. The summed E-state index contributed by atoms with van der Waals surface area (Å²) < 4.78 is 73.1. The van der Waals surface area contributed by atoms with Gasteiger partial charge in [0.2, 0.25) is 11.8 Å². The molecule has 12 heteroatoms. The second kappa shape index (κ2) is 10.8. The minimum atomic E-state index is -4.74. The Morgan fingerprint density at radius 3 is 2.39 bits per heavy atom. The van der Waals surface area contributed by atoms with Gasteiger partial charge in [0.25, 0.3) is 0 Å². The van der Waals surface area contributed by atoms with Crippen LogP contribution in [0.4, 0.5) is 26.7 Å². The van der Waals surface area contributed by atoms with Crippen LogP contribution in [0.25, 0.3) is 0 Å². The molecule has 0 bridgehead atoms. The molecular formula is C19H30F5N3O4. The highest BCUT2D eigenvalue weighted by Gasteiger charge is 2.38. The number of carbonyl (C=O) groups excluding carboxylic acids is 2. The first-order chi connectivity index (χ1) is 14.4. The molecule has 1 saturated heterocycles. The lowest BCUT2D eigenvalue weighted by atomic mass is 9.87. The number of nitrogens with one attached hydrogen (secondary N) is 1. The molecule has 2 fully saturated rings. The predicted octanol–water partition coefficient (Wildman–Crippen LogP) is 3.03. The number of ether oxygens (including phenoxy) is 2. The van der Waals surface area contributed by atoms with Crippen molar-refractivity contribution in [3.05, 3.63) is 0 Å².